The van der Waals surface area contributed by atoms with Crippen molar-refractivity contribution in [1.29, 1.82) is 0 Å². The van der Waals surface area contributed by atoms with E-state index in [-0.39, 0.29) is 17.1 Å². The Morgan fingerprint density at radius 3 is 2.29 bits per heavy atom. The molecule has 0 bridgehead atoms. The fourth-order valence-corrected chi connectivity index (χ4v) is 3.65. The van der Waals surface area contributed by atoms with Crippen LogP contribution in [0.5, 0.6) is 0 Å². The number of nitrogens with zero attached hydrogens (tertiary/aromatic N) is 1. The van der Waals surface area contributed by atoms with Crippen LogP contribution in [0.4, 0.5) is 0 Å². The van der Waals surface area contributed by atoms with Crippen molar-refractivity contribution in [2.45, 2.75) is 85.4 Å². The van der Waals surface area contributed by atoms with Crippen LogP contribution in [0.3, 0.4) is 0 Å². The average molecular weight is 294 g/mol. The fourth-order valence-electron chi connectivity index (χ4n) is 3.65. The number of rotatable bonds is 5. The minimum Gasteiger partial charge on any atom is -0.325 e. The summed E-state index contributed by atoms with van der Waals surface area (Å²) < 4.78 is 0. The molecule has 1 saturated heterocycles. The number of carbonyl (C=O) groups is 1. The maximum absolute atomic E-state index is 13.1. The Kier molecular flexibility index (Phi) is 4.72. The summed E-state index contributed by atoms with van der Waals surface area (Å²) in [6.07, 6.45) is 5.72. The zero-order valence-corrected chi connectivity index (χ0v) is 14.8. The molecule has 1 aliphatic heterocycles. The molecule has 2 fully saturated rings. The van der Waals surface area contributed by atoms with Crippen LogP contribution in [0, 0.1) is 17.3 Å². The van der Waals surface area contributed by atoms with Gasteiger partial charge in [-0.05, 0) is 36.5 Å². The van der Waals surface area contributed by atoms with Crippen LogP contribution in [-0.4, -0.2) is 29.1 Å². The minimum absolute atomic E-state index is 0.163. The van der Waals surface area contributed by atoms with E-state index in [2.05, 4.69) is 51.8 Å². The number of hydrogen-bond donors (Lipinski definition) is 1. The molecule has 1 amide bonds. The normalized spacial score (nSPS) is 25.8. The summed E-state index contributed by atoms with van der Waals surface area (Å²) in [4.78, 5) is 15.3. The van der Waals surface area contributed by atoms with Gasteiger partial charge in [-0.2, -0.15) is 0 Å². The Hall–Kier alpha value is -0.570. The molecular formula is C18H34N2O. The maximum Gasteiger partial charge on any atom is 0.244 e. The van der Waals surface area contributed by atoms with Crippen molar-refractivity contribution in [2.24, 2.45) is 17.3 Å². The molecule has 0 radical (unpaired) electrons. The van der Waals surface area contributed by atoms with Crippen molar-refractivity contribution < 1.29 is 4.79 Å². The van der Waals surface area contributed by atoms with Crippen molar-refractivity contribution in [3.8, 4) is 0 Å². The van der Waals surface area contributed by atoms with Crippen LogP contribution in [0.1, 0.15) is 73.6 Å². The smallest absolute Gasteiger partial charge is 0.244 e. The van der Waals surface area contributed by atoms with E-state index in [0.717, 1.165) is 25.8 Å². The summed E-state index contributed by atoms with van der Waals surface area (Å²) in [5, 5.41) is 3.74. The van der Waals surface area contributed by atoms with Crippen LogP contribution < -0.4 is 5.32 Å². The highest BCUT2D eigenvalue weighted by atomic mass is 16.2. The largest absolute Gasteiger partial charge is 0.325 e. The fraction of sp³-hybridized carbons (Fsp3) is 0.944. The van der Waals surface area contributed by atoms with Crippen LogP contribution in [0.15, 0.2) is 0 Å². The van der Waals surface area contributed by atoms with Gasteiger partial charge in [0.25, 0.3) is 0 Å². The van der Waals surface area contributed by atoms with E-state index < -0.39 is 0 Å². The molecule has 1 heterocycles. The van der Waals surface area contributed by atoms with Gasteiger partial charge >= 0.3 is 0 Å². The van der Waals surface area contributed by atoms with Crippen molar-refractivity contribution in [2.75, 3.05) is 6.54 Å². The second kappa shape index (κ2) is 5.91. The molecule has 122 valence electrons. The van der Waals surface area contributed by atoms with Crippen LogP contribution >= 0.6 is 0 Å². The first-order valence-corrected chi connectivity index (χ1v) is 8.77. The van der Waals surface area contributed by atoms with E-state index in [1.807, 2.05) is 0 Å². The van der Waals surface area contributed by atoms with Gasteiger partial charge in [0.05, 0.1) is 11.7 Å². The number of carbonyl (C=O) groups excluding carboxylic acids is 1. The second-order valence-electron chi connectivity index (χ2n) is 8.66. The monoisotopic (exact) mass is 294 g/mol. The van der Waals surface area contributed by atoms with E-state index >= 15 is 0 Å². The summed E-state index contributed by atoms with van der Waals surface area (Å²) in [6, 6.07) is 0. The Morgan fingerprint density at radius 1 is 1.24 bits per heavy atom. The molecule has 1 spiro atoms. The third-order valence-corrected chi connectivity index (χ3v) is 5.78. The van der Waals surface area contributed by atoms with Gasteiger partial charge in [-0.25, -0.2) is 0 Å². The predicted molar refractivity (Wildman–Crippen MR) is 87.9 cm³/mol. The van der Waals surface area contributed by atoms with Crippen molar-refractivity contribution >= 4 is 5.91 Å². The molecule has 2 aliphatic rings. The zero-order valence-electron chi connectivity index (χ0n) is 14.8. The van der Waals surface area contributed by atoms with Crippen LogP contribution in [0.2, 0.25) is 0 Å². The van der Waals surface area contributed by atoms with E-state index in [1.165, 1.54) is 12.8 Å². The lowest BCUT2D eigenvalue weighted by molar-refractivity contribution is -0.135. The second-order valence-corrected chi connectivity index (χ2v) is 8.66. The van der Waals surface area contributed by atoms with E-state index in [4.69, 9.17) is 0 Å². The molecule has 3 heteroatoms. The minimum atomic E-state index is -0.230. The third kappa shape index (κ3) is 3.28. The number of nitrogens with one attached hydrogen (secondary N) is 1. The maximum atomic E-state index is 13.1. The highest BCUT2D eigenvalue weighted by Gasteiger charge is 2.53. The molecule has 1 atom stereocenters. The molecule has 0 aromatic carbocycles. The SMILES string of the molecule is CC(C)CC1NC2(CCCC2)C(=O)N1CC(C)(C)C(C)C. The molecule has 1 unspecified atom stereocenters. The molecule has 21 heavy (non-hydrogen) atoms. The van der Waals surface area contributed by atoms with Gasteiger partial charge in [0.2, 0.25) is 5.91 Å². The Labute approximate surface area is 130 Å². The predicted octanol–water partition coefficient (Wildman–Crippen LogP) is 3.79. The standard InChI is InChI=1S/C18H34N2O/c1-13(2)11-15-19-18(9-7-8-10-18)16(21)20(15)12-17(5,6)14(3)4/h13-15,19H,7-12H2,1-6H3. The highest BCUT2D eigenvalue weighted by molar-refractivity contribution is 5.89. The van der Waals surface area contributed by atoms with Crippen molar-refractivity contribution in [3.63, 3.8) is 0 Å². The Morgan fingerprint density at radius 2 is 1.81 bits per heavy atom. The van der Waals surface area contributed by atoms with Crippen molar-refractivity contribution in [1.82, 2.24) is 10.2 Å². The van der Waals surface area contributed by atoms with Crippen molar-refractivity contribution in [3.05, 3.63) is 0 Å². The molecule has 2 rings (SSSR count). The van der Waals surface area contributed by atoms with Crippen LogP contribution in [0.25, 0.3) is 0 Å². The Balaban J connectivity index is 2.20. The van der Waals surface area contributed by atoms with Gasteiger partial charge in [0, 0.05) is 6.54 Å². The zero-order chi connectivity index (χ0) is 15.8. The van der Waals surface area contributed by atoms with Gasteiger partial charge in [-0.15, -0.1) is 0 Å². The molecule has 3 nitrogen and oxygen atoms in total. The van der Waals surface area contributed by atoms with E-state index in [9.17, 15) is 4.79 Å². The third-order valence-electron chi connectivity index (χ3n) is 5.78. The van der Waals surface area contributed by atoms with Gasteiger partial charge in [0.15, 0.2) is 0 Å². The molecule has 1 N–H and O–H groups in total. The first-order valence-electron chi connectivity index (χ1n) is 8.77. The first kappa shape index (κ1) is 16.8. The summed E-state index contributed by atoms with van der Waals surface area (Å²) in [5.74, 6) is 1.56. The summed E-state index contributed by atoms with van der Waals surface area (Å²) in [5.41, 5.74) is -0.0662. The molecule has 0 aromatic heterocycles. The highest BCUT2D eigenvalue weighted by Crippen LogP contribution is 2.39. The first-order chi connectivity index (χ1) is 9.68. The van der Waals surface area contributed by atoms with Gasteiger partial charge in [-0.1, -0.05) is 54.4 Å². The summed E-state index contributed by atoms with van der Waals surface area (Å²) in [6.45, 7) is 14.5. The average Bonchev–Trinajstić information content (AvgIpc) is 2.91. The summed E-state index contributed by atoms with van der Waals surface area (Å²) >= 11 is 0. The lowest BCUT2D eigenvalue weighted by Gasteiger charge is -2.36. The quantitative estimate of drug-likeness (QED) is 0.837. The lowest BCUT2D eigenvalue weighted by atomic mass is 9.80. The van der Waals surface area contributed by atoms with E-state index in [1.54, 1.807) is 0 Å². The summed E-state index contributed by atoms with van der Waals surface area (Å²) in [7, 11) is 0. The topological polar surface area (TPSA) is 32.3 Å². The van der Waals surface area contributed by atoms with E-state index in [0.29, 0.717) is 17.7 Å². The van der Waals surface area contributed by atoms with Gasteiger partial charge in [-0.3, -0.25) is 10.1 Å². The van der Waals surface area contributed by atoms with Crippen LogP contribution in [-0.2, 0) is 4.79 Å². The molecule has 1 saturated carbocycles. The molecular weight excluding hydrogens is 260 g/mol. The Bertz CT molecular complexity index is 381. The molecule has 1 aliphatic carbocycles. The number of hydrogen-bond acceptors (Lipinski definition) is 2. The molecule has 0 aromatic rings. The van der Waals surface area contributed by atoms with Gasteiger partial charge in [0.1, 0.15) is 0 Å². The van der Waals surface area contributed by atoms with Gasteiger partial charge < -0.3 is 4.90 Å². The number of amides is 1. The lowest BCUT2D eigenvalue weighted by Crippen LogP contribution is -2.45.